The Balaban J connectivity index is 1.54. The van der Waals surface area contributed by atoms with E-state index < -0.39 is 0 Å². The van der Waals surface area contributed by atoms with Crippen LogP contribution in [0.1, 0.15) is 18.2 Å². The first-order chi connectivity index (χ1) is 9.28. The lowest BCUT2D eigenvalue weighted by molar-refractivity contribution is 0.133. The second-order valence-electron chi connectivity index (χ2n) is 5.07. The van der Waals surface area contributed by atoms with Crippen molar-refractivity contribution in [2.45, 2.75) is 19.9 Å². The van der Waals surface area contributed by atoms with Crippen LogP contribution in [0, 0.1) is 0 Å². The summed E-state index contributed by atoms with van der Waals surface area (Å²) in [6.07, 6.45) is 1.27. The first kappa shape index (κ1) is 15.3. The largest absolute Gasteiger partial charge is 0.311 e. The zero-order chi connectivity index (χ0) is 13.5. The number of halogens is 1. The molecule has 0 unspecified atom stereocenters. The van der Waals surface area contributed by atoms with Crippen LogP contribution in [0.4, 0.5) is 0 Å². The summed E-state index contributed by atoms with van der Waals surface area (Å²) in [5.74, 6) is 0. The standard InChI is InChI=1S/C14H24ClN3S/c1-2-6-17-8-10-18(11-9-17)7-5-16-12-13-3-4-14(15)19-13/h3-4,16H,2,5-12H2,1H3. The molecule has 19 heavy (non-hydrogen) atoms. The van der Waals surface area contributed by atoms with Crippen LogP contribution in [-0.4, -0.2) is 55.6 Å². The molecule has 1 saturated heterocycles. The smallest absolute Gasteiger partial charge is 0.0931 e. The molecule has 0 atom stereocenters. The highest BCUT2D eigenvalue weighted by Crippen LogP contribution is 2.20. The minimum atomic E-state index is 0.879. The van der Waals surface area contributed by atoms with E-state index in [0.29, 0.717) is 0 Å². The van der Waals surface area contributed by atoms with Gasteiger partial charge in [0.25, 0.3) is 0 Å². The van der Waals surface area contributed by atoms with Gasteiger partial charge in [0.2, 0.25) is 0 Å². The summed E-state index contributed by atoms with van der Waals surface area (Å²) in [6.45, 7) is 11.6. The lowest BCUT2D eigenvalue weighted by Gasteiger charge is -2.34. The summed E-state index contributed by atoms with van der Waals surface area (Å²) in [4.78, 5) is 6.44. The van der Waals surface area contributed by atoms with Crippen molar-refractivity contribution >= 4 is 22.9 Å². The van der Waals surface area contributed by atoms with E-state index in [9.17, 15) is 0 Å². The third kappa shape index (κ3) is 5.40. The van der Waals surface area contributed by atoms with E-state index in [1.54, 1.807) is 11.3 Å². The van der Waals surface area contributed by atoms with Gasteiger partial charge in [-0.15, -0.1) is 11.3 Å². The summed E-state index contributed by atoms with van der Waals surface area (Å²) in [5.41, 5.74) is 0. The van der Waals surface area contributed by atoms with Crippen molar-refractivity contribution in [1.82, 2.24) is 15.1 Å². The molecule has 1 aliphatic heterocycles. The van der Waals surface area contributed by atoms with Gasteiger partial charge in [-0.25, -0.2) is 0 Å². The molecule has 0 bridgehead atoms. The Hall–Kier alpha value is -0.130. The van der Waals surface area contributed by atoms with Gasteiger partial charge in [-0.2, -0.15) is 0 Å². The van der Waals surface area contributed by atoms with Gasteiger partial charge in [0.05, 0.1) is 4.34 Å². The summed E-state index contributed by atoms with van der Waals surface area (Å²) >= 11 is 7.57. The Labute approximate surface area is 125 Å². The van der Waals surface area contributed by atoms with Crippen LogP contribution >= 0.6 is 22.9 Å². The first-order valence-corrected chi connectivity index (χ1v) is 8.37. The van der Waals surface area contributed by atoms with E-state index in [1.807, 2.05) is 6.07 Å². The van der Waals surface area contributed by atoms with E-state index in [1.165, 1.54) is 44.0 Å². The predicted octanol–water partition coefficient (Wildman–Crippen LogP) is 2.52. The number of rotatable bonds is 7. The van der Waals surface area contributed by atoms with Crippen LogP contribution in [0.2, 0.25) is 4.34 Å². The van der Waals surface area contributed by atoms with Gasteiger partial charge in [0.15, 0.2) is 0 Å². The molecule has 1 aromatic heterocycles. The molecule has 1 aromatic rings. The van der Waals surface area contributed by atoms with Crippen molar-refractivity contribution in [2.24, 2.45) is 0 Å². The van der Waals surface area contributed by atoms with E-state index in [-0.39, 0.29) is 0 Å². The van der Waals surface area contributed by atoms with Gasteiger partial charge in [-0.05, 0) is 25.1 Å². The number of piperazine rings is 1. The molecule has 1 aliphatic rings. The van der Waals surface area contributed by atoms with E-state index in [4.69, 9.17) is 11.6 Å². The van der Waals surface area contributed by atoms with Crippen molar-refractivity contribution in [3.05, 3.63) is 21.3 Å². The first-order valence-electron chi connectivity index (χ1n) is 7.17. The monoisotopic (exact) mass is 301 g/mol. The Bertz CT molecular complexity index is 361. The van der Waals surface area contributed by atoms with E-state index in [0.717, 1.165) is 24.0 Å². The highest BCUT2D eigenvalue weighted by Gasteiger charge is 2.15. The molecule has 0 aromatic carbocycles. The molecule has 1 N–H and O–H groups in total. The normalized spacial score (nSPS) is 18.0. The van der Waals surface area contributed by atoms with Crippen molar-refractivity contribution in [2.75, 3.05) is 45.8 Å². The maximum Gasteiger partial charge on any atom is 0.0931 e. The third-order valence-corrected chi connectivity index (χ3v) is 4.77. The predicted molar refractivity (Wildman–Crippen MR) is 84.2 cm³/mol. The molecule has 0 aliphatic carbocycles. The van der Waals surface area contributed by atoms with Gasteiger partial charge in [0.1, 0.15) is 0 Å². The quantitative estimate of drug-likeness (QED) is 0.781. The molecule has 3 nitrogen and oxygen atoms in total. The number of hydrogen-bond acceptors (Lipinski definition) is 4. The van der Waals surface area contributed by atoms with Crippen molar-refractivity contribution in [3.63, 3.8) is 0 Å². The zero-order valence-corrected chi connectivity index (χ0v) is 13.3. The van der Waals surface area contributed by atoms with Crippen LogP contribution < -0.4 is 5.32 Å². The summed E-state index contributed by atoms with van der Waals surface area (Å²) < 4.78 is 0.879. The van der Waals surface area contributed by atoms with Gasteiger partial charge in [0, 0.05) is 50.7 Å². The fourth-order valence-electron chi connectivity index (χ4n) is 2.45. The molecule has 108 valence electrons. The number of thiophene rings is 1. The van der Waals surface area contributed by atoms with Crippen LogP contribution in [0.3, 0.4) is 0 Å². The molecule has 0 spiro atoms. The summed E-state index contributed by atoms with van der Waals surface area (Å²) in [7, 11) is 0. The lowest BCUT2D eigenvalue weighted by Crippen LogP contribution is -2.48. The maximum absolute atomic E-state index is 5.91. The van der Waals surface area contributed by atoms with Gasteiger partial charge in [-0.3, -0.25) is 4.90 Å². The Morgan fingerprint density at radius 1 is 1.16 bits per heavy atom. The second-order valence-corrected chi connectivity index (χ2v) is 6.87. The highest BCUT2D eigenvalue weighted by atomic mass is 35.5. The molecule has 0 amide bonds. The number of nitrogens with zero attached hydrogens (tertiary/aromatic N) is 2. The topological polar surface area (TPSA) is 18.5 Å². The van der Waals surface area contributed by atoms with Crippen LogP contribution in [-0.2, 0) is 6.54 Å². The fraction of sp³-hybridized carbons (Fsp3) is 0.714. The van der Waals surface area contributed by atoms with Crippen molar-refractivity contribution in [1.29, 1.82) is 0 Å². The second kappa shape index (κ2) is 8.22. The van der Waals surface area contributed by atoms with Gasteiger partial charge in [-0.1, -0.05) is 18.5 Å². The molecular formula is C14H24ClN3S. The van der Waals surface area contributed by atoms with Crippen molar-refractivity contribution in [3.8, 4) is 0 Å². The Morgan fingerprint density at radius 2 is 1.84 bits per heavy atom. The SMILES string of the molecule is CCCN1CCN(CCNCc2ccc(Cl)s2)CC1. The number of nitrogens with one attached hydrogen (secondary N) is 1. The molecular weight excluding hydrogens is 278 g/mol. The molecule has 2 heterocycles. The average Bonchev–Trinajstić information content (AvgIpc) is 2.83. The lowest BCUT2D eigenvalue weighted by atomic mass is 10.3. The van der Waals surface area contributed by atoms with E-state index >= 15 is 0 Å². The summed E-state index contributed by atoms with van der Waals surface area (Å²) in [6, 6.07) is 4.07. The molecule has 0 saturated carbocycles. The Morgan fingerprint density at radius 3 is 2.42 bits per heavy atom. The summed E-state index contributed by atoms with van der Waals surface area (Å²) in [5, 5.41) is 3.50. The minimum Gasteiger partial charge on any atom is -0.311 e. The molecule has 0 radical (unpaired) electrons. The third-order valence-electron chi connectivity index (χ3n) is 3.54. The van der Waals surface area contributed by atoms with Crippen molar-refractivity contribution < 1.29 is 0 Å². The molecule has 1 fully saturated rings. The maximum atomic E-state index is 5.91. The number of hydrogen-bond donors (Lipinski definition) is 1. The Kier molecular flexibility index (Phi) is 6.61. The average molecular weight is 302 g/mol. The molecule has 2 rings (SSSR count). The van der Waals surface area contributed by atoms with Crippen LogP contribution in [0.5, 0.6) is 0 Å². The minimum absolute atomic E-state index is 0.879. The van der Waals surface area contributed by atoms with E-state index in [2.05, 4.69) is 28.1 Å². The zero-order valence-electron chi connectivity index (χ0n) is 11.7. The van der Waals surface area contributed by atoms with Crippen LogP contribution in [0.25, 0.3) is 0 Å². The van der Waals surface area contributed by atoms with Gasteiger partial charge >= 0.3 is 0 Å². The fourth-order valence-corrected chi connectivity index (χ4v) is 3.51. The van der Waals surface area contributed by atoms with Crippen LogP contribution in [0.15, 0.2) is 12.1 Å². The molecule has 5 heteroatoms. The highest BCUT2D eigenvalue weighted by molar-refractivity contribution is 7.16. The van der Waals surface area contributed by atoms with Gasteiger partial charge < -0.3 is 10.2 Å².